The highest BCUT2D eigenvalue weighted by molar-refractivity contribution is 9.10. The average molecular weight is 423 g/mol. The number of nitrogens with zero attached hydrogens (tertiary/aromatic N) is 6. The number of imidazole rings is 1. The highest BCUT2D eigenvalue weighted by Crippen LogP contribution is 2.35. The summed E-state index contributed by atoms with van der Waals surface area (Å²) in [7, 11) is 0. The number of halogens is 1. The van der Waals surface area contributed by atoms with Gasteiger partial charge in [0.15, 0.2) is 4.73 Å². The van der Waals surface area contributed by atoms with E-state index in [0.717, 1.165) is 32.0 Å². The Kier molecular flexibility index (Phi) is 5.60. The van der Waals surface area contributed by atoms with Gasteiger partial charge in [0.1, 0.15) is 12.5 Å². The van der Waals surface area contributed by atoms with Crippen LogP contribution < -0.4 is 4.90 Å². The Morgan fingerprint density at radius 1 is 1.46 bits per heavy atom. The maximum absolute atomic E-state index is 11.7. The van der Waals surface area contributed by atoms with Gasteiger partial charge in [0.2, 0.25) is 11.8 Å². The first-order valence-electron chi connectivity index (χ1n) is 8.51. The lowest BCUT2D eigenvalue weighted by molar-refractivity contribution is -0.384. The molecular formula is C16H19BrN6O3. The maximum Gasteiger partial charge on any atom is 0.329 e. The van der Waals surface area contributed by atoms with E-state index < -0.39 is 11.0 Å². The zero-order valence-electron chi connectivity index (χ0n) is 14.3. The molecule has 2 aromatic rings. The molecule has 1 fully saturated rings. The van der Waals surface area contributed by atoms with E-state index in [4.69, 9.17) is 0 Å². The summed E-state index contributed by atoms with van der Waals surface area (Å²) in [6.07, 6.45) is 9.66. The molecule has 0 aromatic carbocycles. The summed E-state index contributed by atoms with van der Waals surface area (Å²) < 4.78 is 2.08. The Balaban J connectivity index is 2.15. The minimum atomic E-state index is -0.498. The second-order valence-electron chi connectivity index (χ2n) is 6.16. The molecule has 2 aromatic heterocycles. The van der Waals surface area contributed by atoms with E-state index in [9.17, 15) is 14.9 Å². The summed E-state index contributed by atoms with van der Waals surface area (Å²) in [5, 5.41) is 11.6. The van der Waals surface area contributed by atoms with Crippen molar-refractivity contribution in [3.05, 3.63) is 33.4 Å². The van der Waals surface area contributed by atoms with E-state index in [0.29, 0.717) is 11.2 Å². The first-order chi connectivity index (χ1) is 12.6. The summed E-state index contributed by atoms with van der Waals surface area (Å²) in [6, 6.07) is -0.413. The summed E-state index contributed by atoms with van der Waals surface area (Å²) in [4.78, 5) is 37.2. The normalized spacial score (nSPS) is 15.8. The molecule has 0 bridgehead atoms. The van der Waals surface area contributed by atoms with Gasteiger partial charge in [-0.3, -0.25) is 14.7 Å². The maximum atomic E-state index is 11.7. The number of hydrogen-bond acceptors (Lipinski definition) is 7. The SMILES string of the molecule is CC[C@H](C=O)N(c1nc(-n2ccnc2Br)ncc1[N+](=O)[O-])C1CCCC1. The van der Waals surface area contributed by atoms with Gasteiger partial charge in [-0.05, 0) is 35.2 Å². The molecule has 138 valence electrons. The lowest BCUT2D eigenvalue weighted by Gasteiger charge is -2.33. The molecule has 0 saturated heterocycles. The summed E-state index contributed by atoms with van der Waals surface area (Å²) in [5.74, 6) is 0.449. The molecule has 0 N–H and O–H groups in total. The largest absolute Gasteiger partial charge is 0.338 e. The molecule has 9 nitrogen and oxygen atoms in total. The average Bonchev–Trinajstić information content (AvgIpc) is 3.30. The molecule has 0 unspecified atom stereocenters. The van der Waals surface area contributed by atoms with E-state index in [1.165, 1.54) is 6.20 Å². The number of aromatic nitrogens is 4. The third kappa shape index (κ3) is 3.46. The molecule has 1 aliphatic carbocycles. The summed E-state index contributed by atoms with van der Waals surface area (Å²) >= 11 is 3.30. The number of anilines is 1. The van der Waals surface area contributed by atoms with Crippen molar-refractivity contribution in [2.24, 2.45) is 0 Å². The Morgan fingerprint density at radius 3 is 2.73 bits per heavy atom. The summed E-state index contributed by atoms with van der Waals surface area (Å²) in [6.45, 7) is 1.89. The molecule has 1 saturated carbocycles. The number of nitro groups is 1. The Morgan fingerprint density at radius 2 is 2.19 bits per heavy atom. The van der Waals surface area contributed by atoms with Crippen LogP contribution in [0.15, 0.2) is 23.3 Å². The molecule has 0 spiro atoms. The molecule has 0 aliphatic heterocycles. The van der Waals surface area contributed by atoms with Crippen molar-refractivity contribution in [2.45, 2.75) is 51.1 Å². The fourth-order valence-corrected chi connectivity index (χ4v) is 3.76. The van der Waals surface area contributed by atoms with E-state index in [2.05, 4.69) is 30.9 Å². The first kappa shape index (κ1) is 18.4. The monoisotopic (exact) mass is 422 g/mol. The molecule has 1 atom stereocenters. The van der Waals surface area contributed by atoms with Crippen LogP contribution in [0.5, 0.6) is 0 Å². The van der Waals surface area contributed by atoms with Crippen LogP contribution in [0.4, 0.5) is 11.5 Å². The van der Waals surface area contributed by atoms with Crippen LogP contribution in [0.3, 0.4) is 0 Å². The van der Waals surface area contributed by atoms with Crippen molar-refractivity contribution in [1.82, 2.24) is 19.5 Å². The molecule has 2 heterocycles. The second kappa shape index (κ2) is 7.90. The third-order valence-corrected chi connectivity index (χ3v) is 5.23. The predicted octanol–water partition coefficient (Wildman–Crippen LogP) is 3.06. The molecule has 3 rings (SSSR count). The van der Waals surface area contributed by atoms with Crippen molar-refractivity contribution in [1.29, 1.82) is 0 Å². The Bertz CT molecular complexity index is 805. The molecule has 10 heteroatoms. The van der Waals surface area contributed by atoms with Gasteiger partial charge in [-0.15, -0.1) is 0 Å². The fourth-order valence-electron chi connectivity index (χ4n) is 3.37. The van der Waals surface area contributed by atoms with Gasteiger partial charge in [-0.1, -0.05) is 19.8 Å². The van der Waals surface area contributed by atoms with Gasteiger partial charge in [-0.2, -0.15) is 4.98 Å². The van der Waals surface area contributed by atoms with E-state index in [1.807, 2.05) is 11.8 Å². The van der Waals surface area contributed by atoms with Crippen LogP contribution in [0.1, 0.15) is 39.0 Å². The number of carbonyl (C=O) groups is 1. The molecule has 1 aliphatic rings. The van der Waals surface area contributed by atoms with Crippen LogP contribution >= 0.6 is 15.9 Å². The van der Waals surface area contributed by atoms with Crippen LogP contribution in [0.25, 0.3) is 5.95 Å². The van der Waals surface area contributed by atoms with Crippen LogP contribution in [0, 0.1) is 10.1 Å². The van der Waals surface area contributed by atoms with Crippen LogP contribution in [-0.4, -0.2) is 42.8 Å². The van der Waals surface area contributed by atoms with E-state index in [-0.39, 0.29) is 23.5 Å². The van der Waals surface area contributed by atoms with Gasteiger partial charge in [0, 0.05) is 18.4 Å². The lowest BCUT2D eigenvalue weighted by atomic mass is 10.1. The fraction of sp³-hybridized carbons (Fsp3) is 0.500. The number of carbonyl (C=O) groups excluding carboxylic acids is 1. The van der Waals surface area contributed by atoms with Gasteiger partial charge in [0.05, 0.1) is 11.0 Å². The first-order valence-corrected chi connectivity index (χ1v) is 9.30. The minimum absolute atomic E-state index is 0.0535. The number of hydrogen-bond donors (Lipinski definition) is 0. The quantitative estimate of drug-likeness (QED) is 0.383. The van der Waals surface area contributed by atoms with Gasteiger partial charge >= 0.3 is 5.69 Å². The standard InChI is InChI=1S/C16H19BrN6O3/c1-2-11(10-24)22(12-5-3-4-6-12)14-13(23(25)26)9-19-16(20-14)21-8-7-18-15(21)17/h7-12H,2-6H2,1H3/t11-/m1/s1. The van der Waals surface area contributed by atoms with E-state index in [1.54, 1.807) is 17.0 Å². The third-order valence-electron chi connectivity index (χ3n) is 4.64. The van der Waals surface area contributed by atoms with Crippen molar-refractivity contribution in [2.75, 3.05) is 4.90 Å². The van der Waals surface area contributed by atoms with Gasteiger partial charge in [0.25, 0.3) is 0 Å². The zero-order valence-corrected chi connectivity index (χ0v) is 15.9. The zero-order chi connectivity index (χ0) is 18.7. The topological polar surface area (TPSA) is 107 Å². The molecule has 0 radical (unpaired) electrons. The Hall–Kier alpha value is -2.36. The highest BCUT2D eigenvalue weighted by Gasteiger charge is 2.34. The Labute approximate surface area is 158 Å². The highest BCUT2D eigenvalue weighted by atomic mass is 79.9. The second-order valence-corrected chi connectivity index (χ2v) is 6.87. The minimum Gasteiger partial charge on any atom is -0.338 e. The van der Waals surface area contributed by atoms with Crippen LogP contribution in [0.2, 0.25) is 0 Å². The summed E-state index contributed by atoms with van der Waals surface area (Å²) in [5.41, 5.74) is -0.197. The molecule has 26 heavy (non-hydrogen) atoms. The van der Waals surface area contributed by atoms with Gasteiger partial charge in [-0.25, -0.2) is 9.97 Å². The number of aldehydes is 1. The number of rotatable bonds is 7. The van der Waals surface area contributed by atoms with Crippen molar-refractivity contribution in [3.8, 4) is 5.95 Å². The van der Waals surface area contributed by atoms with Crippen molar-refractivity contribution < 1.29 is 9.72 Å². The smallest absolute Gasteiger partial charge is 0.329 e. The van der Waals surface area contributed by atoms with Crippen molar-refractivity contribution in [3.63, 3.8) is 0 Å². The van der Waals surface area contributed by atoms with Gasteiger partial charge < -0.3 is 9.69 Å². The van der Waals surface area contributed by atoms with Crippen LogP contribution in [-0.2, 0) is 4.79 Å². The molecule has 0 amide bonds. The lowest BCUT2D eigenvalue weighted by Crippen LogP contribution is -2.44. The van der Waals surface area contributed by atoms with Crippen molar-refractivity contribution >= 4 is 33.7 Å². The van der Waals surface area contributed by atoms with E-state index >= 15 is 0 Å². The predicted molar refractivity (Wildman–Crippen MR) is 98.4 cm³/mol. The molecular weight excluding hydrogens is 404 g/mol.